The minimum absolute atomic E-state index is 0.0478. The molecule has 1 aromatic carbocycles. The highest BCUT2D eigenvalue weighted by atomic mass is 16.4. The van der Waals surface area contributed by atoms with Crippen molar-refractivity contribution in [1.82, 2.24) is 4.90 Å². The Morgan fingerprint density at radius 2 is 2.00 bits per heavy atom. The molecule has 0 bridgehead atoms. The van der Waals surface area contributed by atoms with E-state index in [1.54, 1.807) is 20.0 Å². The van der Waals surface area contributed by atoms with Crippen LogP contribution in [-0.2, 0) is 4.79 Å². The Labute approximate surface area is 106 Å². The SMILES string of the molecule is Cc1cc(O)ccc1C(=O)N(C)CCCC(=O)O. The maximum Gasteiger partial charge on any atom is 0.303 e. The molecule has 18 heavy (non-hydrogen) atoms. The lowest BCUT2D eigenvalue weighted by Gasteiger charge is -2.18. The predicted octanol–water partition coefficient (Wildman–Crippen LogP) is 1.64. The molecule has 0 saturated heterocycles. The number of carbonyl (C=O) groups is 2. The Morgan fingerprint density at radius 1 is 1.33 bits per heavy atom. The summed E-state index contributed by atoms with van der Waals surface area (Å²) in [6.07, 6.45) is 0.473. The van der Waals surface area contributed by atoms with Crippen molar-refractivity contribution in [2.75, 3.05) is 13.6 Å². The minimum Gasteiger partial charge on any atom is -0.508 e. The predicted molar refractivity (Wildman–Crippen MR) is 66.7 cm³/mol. The Bertz CT molecular complexity index is 456. The number of amides is 1. The molecule has 1 rings (SSSR count). The molecule has 0 fully saturated rings. The summed E-state index contributed by atoms with van der Waals surface area (Å²) in [6, 6.07) is 4.56. The summed E-state index contributed by atoms with van der Waals surface area (Å²) in [5, 5.41) is 17.8. The highest BCUT2D eigenvalue weighted by Crippen LogP contribution is 2.17. The number of phenols is 1. The fraction of sp³-hybridized carbons (Fsp3) is 0.385. The monoisotopic (exact) mass is 251 g/mol. The number of phenolic OH excluding ortho intramolecular Hbond substituents is 1. The third kappa shape index (κ3) is 3.76. The van der Waals surface area contributed by atoms with Gasteiger partial charge in [-0.2, -0.15) is 0 Å². The summed E-state index contributed by atoms with van der Waals surface area (Å²) in [4.78, 5) is 23.9. The van der Waals surface area contributed by atoms with Crippen LogP contribution < -0.4 is 0 Å². The average molecular weight is 251 g/mol. The van der Waals surface area contributed by atoms with E-state index in [1.165, 1.54) is 17.0 Å². The normalized spacial score (nSPS) is 10.1. The van der Waals surface area contributed by atoms with Gasteiger partial charge in [-0.1, -0.05) is 0 Å². The van der Waals surface area contributed by atoms with Gasteiger partial charge in [-0.3, -0.25) is 9.59 Å². The van der Waals surface area contributed by atoms with Gasteiger partial charge < -0.3 is 15.1 Å². The molecule has 1 aromatic rings. The van der Waals surface area contributed by atoms with Crippen molar-refractivity contribution >= 4 is 11.9 Å². The molecule has 5 heteroatoms. The van der Waals surface area contributed by atoms with Gasteiger partial charge in [0.2, 0.25) is 0 Å². The van der Waals surface area contributed by atoms with Gasteiger partial charge in [0.25, 0.3) is 5.91 Å². The number of carboxylic acids is 1. The van der Waals surface area contributed by atoms with E-state index in [-0.39, 0.29) is 18.1 Å². The Kier molecular flexibility index (Phi) is 4.71. The van der Waals surface area contributed by atoms with E-state index in [2.05, 4.69) is 0 Å². The van der Waals surface area contributed by atoms with E-state index in [9.17, 15) is 14.7 Å². The van der Waals surface area contributed by atoms with Gasteiger partial charge in [0.05, 0.1) is 0 Å². The average Bonchev–Trinajstić information content (AvgIpc) is 2.27. The molecule has 0 saturated carbocycles. The van der Waals surface area contributed by atoms with E-state index in [0.717, 1.165) is 0 Å². The second-order valence-corrected chi connectivity index (χ2v) is 4.22. The van der Waals surface area contributed by atoms with Gasteiger partial charge in [-0.15, -0.1) is 0 Å². The van der Waals surface area contributed by atoms with Crippen LogP contribution in [0.15, 0.2) is 18.2 Å². The van der Waals surface area contributed by atoms with E-state index in [4.69, 9.17) is 5.11 Å². The molecule has 0 spiro atoms. The van der Waals surface area contributed by atoms with Crippen LogP contribution in [-0.4, -0.2) is 40.6 Å². The first-order valence-electron chi connectivity index (χ1n) is 5.68. The van der Waals surface area contributed by atoms with Gasteiger partial charge in [0, 0.05) is 25.6 Å². The fourth-order valence-electron chi connectivity index (χ4n) is 1.66. The zero-order valence-electron chi connectivity index (χ0n) is 10.5. The van der Waals surface area contributed by atoms with Crippen LogP contribution in [0.4, 0.5) is 0 Å². The van der Waals surface area contributed by atoms with E-state index in [0.29, 0.717) is 24.1 Å². The van der Waals surface area contributed by atoms with Crippen LogP contribution in [0, 0.1) is 6.92 Å². The van der Waals surface area contributed by atoms with Crippen LogP contribution in [0.5, 0.6) is 5.75 Å². The lowest BCUT2D eigenvalue weighted by atomic mass is 10.1. The number of hydrogen-bond donors (Lipinski definition) is 2. The number of rotatable bonds is 5. The minimum atomic E-state index is -0.864. The van der Waals surface area contributed by atoms with Crippen molar-refractivity contribution < 1.29 is 19.8 Å². The van der Waals surface area contributed by atoms with Crippen molar-refractivity contribution in [3.63, 3.8) is 0 Å². The van der Waals surface area contributed by atoms with Crippen molar-refractivity contribution in [1.29, 1.82) is 0 Å². The lowest BCUT2D eigenvalue weighted by molar-refractivity contribution is -0.137. The van der Waals surface area contributed by atoms with Crippen LogP contribution in [0.2, 0.25) is 0 Å². The quantitative estimate of drug-likeness (QED) is 0.833. The molecule has 0 atom stereocenters. The molecule has 0 heterocycles. The zero-order chi connectivity index (χ0) is 13.7. The number of aromatic hydroxyl groups is 1. The number of carbonyl (C=O) groups excluding carboxylic acids is 1. The van der Waals surface area contributed by atoms with Crippen LogP contribution >= 0.6 is 0 Å². The van der Waals surface area contributed by atoms with Crippen LogP contribution in [0.3, 0.4) is 0 Å². The summed E-state index contributed by atoms with van der Waals surface area (Å²) in [5.41, 5.74) is 1.22. The topological polar surface area (TPSA) is 77.8 Å². The molecule has 0 aliphatic heterocycles. The summed E-state index contributed by atoms with van der Waals surface area (Å²) in [7, 11) is 1.64. The summed E-state index contributed by atoms with van der Waals surface area (Å²) in [6.45, 7) is 2.14. The first-order valence-corrected chi connectivity index (χ1v) is 5.68. The molecule has 0 radical (unpaired) electrons. The highest BCUT2D eigenvalue weighted by molar-refractivity contribution is 5.95. The molecular formula is C13H17NO4. The van der Waals surface area contributed by atoms with Crippen LogP contribution in [0.1, 0.15) is 28.8 Å². The van der Waals surface area contributed by atoms with Crippen LogP contribution in [0.25, 0.3) is 0 Å². The van der Waals surface area contributed by atoms with E-state index < -0.39 is 5.97 Å². The largest absolute Gasteiger partial charge is 0.508 e. The second kappa shape index (κ2) is 6.05. The molecule has 0 aromatic heterocycles. The maximum absolute atomic E-state index is 12.0. The molecule has 0 unspecified atom stereocenters. The van der Waals surface area contributed by atoms with Crippen molar-refractivity contribution in [3.8, 4) is 5.75 Å². The van der Waals surface area contributed by atoms with Gasteiger partial charge in [-0.25, -0.2) is 0 Å². The number of aryl methyl sites for hydroxylation is 1. The number of nitrogens with zero attached hydrogens (tertiary/aromatic N) is 1. The number of hydrogen-bond acceptors (Lipinski definition) is 3. The molecule has 2 N–H and O–H groups in total. The van der Waals surface area contributed by atoms with Gasteiger partial charge in [0.15, 0.2) is 0 Å². The number of aliphatic carboxylic acids is 1. The lowest BCUT2D eigenvalue weighted by Crippen LogP contribution is -2.28. The Morgan fingerprint density at radius 3 is 2.56 bits per heavy atom. The van der Waals surface area contributed by atoms with Crippen molar-refractivity contribution in [3.05, 3.63) is 29.3 Å². The smallest absolute Gasteiger partial charge is 0.303 e. The number of benzene rings is 1. The van der Waals surface area contributed by atoms with Gasteiger partial charge in [-0.05, 0) is 37.1 Å². The molecule has 98 valence electrons. The molecular weight excluding hydrogens is 234 g/mol. The first kappa shape index (κ1) is 14.0. The number of carboxylic acid groups (broad SMARTS) is 1. The molecule has 1 amide bonds. The Hall–Kier alpha value is -2.04. The van der Waals surface area contributed by atoms with Gasteiger partial charge >= 0.3 is 5.97 Å². The van der Waals surface area contributed by atoms with Gasteiger partial charge in [0.1, 0.15) is 5.75 Å². The van der Waals surface area contributed by atoms with E-state index >= 15 is 0 Å². The second-order valence-electron chi connectivity index (χ2n) is 4.22. The fourth-order valence-corrected chi connectivity index (χ4v) is 1.66. The molecule has 0 aliphatic carbocycles. The summed E-state index contributed by atoms with van der Waals surface area (Å²) < 4.78 is 0. The summed E-state index contributed by atoms with van der Waals surface area (Å²) >= 11 is 0. The Balaban J connectivity index is 2.65. The maximum atomic E-state index is 12.0. The first-order chi connectivity index (χ1) is 8.41. The third-order valence-electron chi connectivity index (χ3n) is 2.67. The third-order valence-corrected chi connectivity index (χ3v) is 2.67. The van der Waals surface area contributed by atoms with E-state index in [1.807, 2.05) is 0 Å². The zero-order valence-corrected chi connectivity index (χ0v) is 10.5. The standard InChI is InChI=1S/C13H17NO4/c1-9-8-10(15)5-6-11(9)13(18)14(2)7-3-4-12(16)17/h5-6,8,15H,3-4,7H2,1-2H3,(H,16,17). The summed E-state index contributed by atoms with van der Waals surface area (Å²) in [5.74, 6) is -0.910. The van der Waals surface area contributed by atoms with Crippen molar-refractivity contribution in [2.24, 2.45) is 0 Å². The molecule has 5 nitrogen and oxygen atoms in total. The van der Waals surface area contributed by atoms with Crippen molar-refractivity contribution in [2.45, 2.75) is 19.8 Å². The highest BCUT2D eigenvalue weighted by Gasteiger charge is 2.14. The molecule has 0 aliphatic rings.